The van der Waals surface area contributed by atoms with Crippen LogP contribution < -0.4 is 10.2 Å². The van der Waals surface area contributed by atoms with Crippen molar-refractivity contribution in [2.24, 2.45) is 0 Å². The van der Waals surface area contributed by atoms with Crippen LogP contribution in [0.1, 0.15) is 34.8 Å². The first-order valence-corrected chi connectivity index (χ1v) is 11.1. The van der Waals surface area contributed by atoms with Crippen LogP contribution in [0.25, 0.3) is 16.2 Å². The summed E-state index contributed by atoms with van der Waals surface area (Å²) in [7, 11) is 0. The van der Waals surface area contributed by atoms with E-state index in [0.717, 1.165) is 51.9 Å². The summed E-state index contributed by atoms with van der Waals surface area (Å²) in [6, 6.07) is 12.3. The van der Waals surface area contributed by atoms with Gasteiger partial charge in [-0.05, 0) is 75.7 Å². The molecule has 0 atom stereocenters. The maximum atomic E-state index is 13.2. The molecule has 2 aromatic carbocycles. The second-order valence-electron chi connectivity index (χ2n) is 7.43. The molecule has 5 nitrogen and oxygen atoms in total. The zero-order valence-electron chi connectivity index (χ0n) is 18.1. The highest BCUT2D eigenvalue weighted by atomic mass is 32.1. The van der Waals surface area contributed by atoms with Gasteiger partial charge in [-0.25, -0.2) is 9.37 Å². The summed E-state index contributed by atoms with van der Waals surface area (Å²) in [5.74, 6) is -0.421. The number of rotatable bonds is 6. The number of aryl methyl sites for hydroxylation is 2. The fourth-order valence-electron chi connectivity index (χ4n) is 3.67. The standard InChI is InChI=1S/C24H25FN4OS/c1-5-28(6-2)19-11-12-20(15(3)13-19)26-23(30)22-16(4)29-14-21(27-24(29)31-22)17-7-9-18(25)10-8-17/h7-14H,5-6H2,1-4H3,(H,26,30). The molecule has 0 saturated carbocycles. The van der Waals surface area contributed by atoms with Crippen molar-refractivity contribution in [1.82, 2.24) is 9.38 Å². The van der Waals surface area contributed by atoms with Gasteiger partial charge in [-0.15, -0.1) is 0 Å². The molecule has 4 aromatic rings. The van der Waals surface area contributed by atoms with Gasteiger partial charge >= 0.3 is 0 Å². The van der Waals surface area contributed by atoms with Gasteiger partial charge < -0.3 is 10.2 Å². The molecular formula is C24H25FN4OS. The van der Waals surface area contributed by atoms with Crippen molar-refractivity contribution in [2.75, 3.05) is 23.3 Å². The monoisotopic (exact) mass is 436 g/mol. The lowest BCUT2D eigenvalue weighted by Crippen LogP contribution is -2.22. The average Bonchev–Trinajstić information content (AvgIpc) is 3.31. The number of amides is 1. The van der Waals surface area contributed by atoms with E-state index in [4.69, 9.17) is 0 Å². The van der Waals surface area contributed by atoms with Gasteiger partial charge in [0.2, 0.25) is 0 Å². The van der Waals surface area contributed by atoms with E-state index in [1.165, 1.54) is 23.5 Å². The number of carbonyl (C=O) groups excluding carboxylic acids is 1. The molecule has 2 heterocycles. The second kappa shape index (κ2) is 8.51. The predicted octanol–water partition coefficient (Wildman–Crippen LogP) is 5.92. The number of hydrogen-bond donors (Lipinski definition) is 1. The molecule has 31 heavy (non-hydrogen) atoms. The van der Waals surface area contributed by atoms with Crippen LogP contribution in [0.2, 0.25) is 0 Å². The van der Waals surface area contributed by atoms with Crippen molar-refractivity contribution in [2.45, 2.75) is 27.7 Å². The normalized spacial score (nSPS) is 11.1. The van der Waals surface area contributed by atoms with Crippen molar-refractivity contribution in [3.63, 3.8) is 0 Å². The molecule has 160 valence electrons. The minimum absolute atomic E-state index is 0.143. The third kappa shape index (κ3) is 4.05. The molecule has 4 rings (SSSR count). The number of hydrogen-bond acceptors (Lipinski definition) is 4. The molecule has 0 unspecified atom stereocenters. The van der Waals surface area contributed by atoms with Crippen molar-refractivity contribution in [3.05, 3.63) is 70.6 Å². The molecule has 0 aliphatic heterocycles. The molecule has 0 radical (unpaired) electrons. The Morgan fingerprint density at radius 1 is 1.13 bits per heavy atom. The predicted molar refractivity (Wildman–Crippen MR) is 126 cm³/mol. The number of nitrogens with one attached hydrogen (secondary N) is 1. The first-order valence-electron chi connectivity index (χ1n) is 10.3. The second-order valence-corrected chi connectivity index (χ2v) is 8.41. The lowest BCUT2D eigenvalue weighted by molar-refractivity contribution is 0.102. The van der Waals surface area contributed by atoms with Crippen LogP contribution in [0, 0.1) is 19.7 Å². The largest absolute Gasteiger partial charge is 0.372 e. The molecular weight excluding hydrogens is 411 g/mol. The van der Waals surface area contributed by atoms with Crippen LogP contribution in [0.3, 0.4) is 0 Å². The summed E-state index contributed by atoms with van der Waals surface area (Å²) in [4.78, 5) is 21.2. The molecule has 0 saturated heterocycles. The average molecular weight is 437 g/mol. The van der Waals surface area contributed by atoms with Gasteiger partial charge in [-0.2, -0.15) is 0 Å². The van der Waals surface area contributed by atoms with Gasteiger partial charge in [0.15, 0.2) is 4.96 Å². The fraction of sp³-hybridized carbons (Fsp3) is 0.250. The highest BCUT2D eigenvalue weighted by Crippen LogP contribution is 2.29. The van der Waals surface area contributed by atoms with Crippen molar-refractivity contribution in [3.8, 4) is 11.3 Å². The Labute approximate surface area is 185 Å². The van der Waals surface area contributed by atoms with Gasteiger partial charge in [-0.3, -0.25) is 9.20 Å². The maximum Gasteiger partial charge on any atom is 0.267 e. The van der Waals surface area contributed by atoms with Gasteiger partial charge in [-0.1, -0.05) is 11.3 Å². The summed E-state index contributed by atoms with van der Waals surface area (Å²) in [6.45, 7) is 10.1. The Bertz CT molecular complexity index is 1240. The maximum absolute atomic E-state index is 13.2. The van der Waals surface area contributed by atoms with Crippen LogP contribution >= 0.6 is 11.3 Å². The Hall–Kier alpha value is -3.19. The van der Waals surface area contributed by atoms with E-state index in [0.29, 0.717) is 4.88 Å². The quantitative estimate of drug-likeness (QED) is 0.408. The Kier molecular flexibility index (Phi) is 5.78. The van der Waals surface area contributed by atoms with Crippen molar-refractivity contribution >= 4 is 33.6 Å². The Morgan fingerprint density at radius 2 is 1.84 bits per heavy atom. The van der Waals surface area contributed by atoms with Gasteiger partial charge in [0.25, 0.3) is 5.91 Å². The number of thiazole rings is 1. The SMILES string of the molecule is CCN(CC)c1ccc(NC(=O)c2sc3nc(-c4ccc(F)cc4)cn3c2C)c(C)c1. The number of aromatic nitrogens is 2. The van der Waals surface area contributed by atoms with Crippen LogP contribution in [0.15, 0.2) is 48.7 Å². The number of anilines is 2. The fourth-order valence-corrected chi connectivity index (χ4v) is 4.68. The Balaban J connectivity index is 1.57. The molecule has 0 fully saturated rings. The summed E-state index contributed by atoms with van der Waals surface area (Å²) in [5.41, 5.74) is 5.40. The molecule has 1 N–H and O–H groups in total. The zero-order chi connectivity index (χ0) is 22.1. The molecule has 1 amide bonds. The van der Waals surface area contributed by atoms with Crippen LogP contribution in [-0.4, -0.2) is 28.4 Å². The van der Waals surface area contributed by atoms with Gasteiger partial charge in [0, 0.05) is 41.9 Å². The van der Waals surface area contributed by atoms with Crippen molar-refractivity contribution < 1.29 is 9.18 Å². The summed E-state index contributed by atoms with van der Waals surface area (Å²) >= 11 is 1.35. The minimum atomic E-state index is -0.277. The number of benzene rings is 2. The lowest BCUT2D eigenvalue weighted by Gasteiger charge is -2.22. The molecule has 0 aliphatic carbocycles. The summed E-state index contributed by atoms with van der Waals surface area (Å²) in [5, 5.41) is 3.04. The van der Waals surface area contributed by atoms with Gasteiger partial charge in [0.05, 0.1) is 5.69 Å². The lowest BCUT2D eigenvalue weighted by atomic mass is 10.1. The number of fused-ring (bicyclic) bond motifs is 1. The van der Waals surface area contributed by atoms with E-state index in [-0.39, 0.29) is 11.7 Å². The highest BCUT2D eigenvalue weighted by molar-refractivity contribution is 7.19. The van der Waals surface area contributed by atoms with Crippen LogP contribution in [0.4, 0.5) is 15.8 Å². The number of halogens is 1. The summed E-state index contributed by atoms with van der Waals surface area (Å²) in [6.07, 6.45) is 1.88. The minimum Gasteiger partial charge on any atom is -0.372 e. The molecule has 2 aromatic heterocycles. The van der Waals surface area contributed by atoms with E-state index in [2.05, 4.69) is 35.1 Å². The zero-order valence-corrected chi connectivity index (χ0v) is 18.9. The van der Waals surface area contributed by atoms with Crippen LogP contribution in [-0.2, 0) is 0 Å². The first-order chi connectivity index (χ1) is 14.9. The van der Waals surface area contributed by atoms with Crippen molar-refractivity contribution in [1.29, 1.82) is 0 Å². The molecule has 0 aliphatic rings. The summed E-state index contributed by atoms with van der Waals surface area (Å²) < 4.78 is 15.1. The van der Waals surface area contributed by atoms with E-state index < -0.39 is 0 Å². The highest BCUT2D eigenvalue weighted by Gasteiger charge is 2.19. The van der Waals surface area contributed by atoms with E-state index in [1.54, 1.807) is 12.1 Å². The molecule has 7 heteroatoms. The Morgan fingerprint density at radius 3 is 2.45 bits per heavy atom. The van der Waals surface area contributed by atoms with E-state index in [1.807, 2.05) is 36.6 Å². The third-order valence-electron chi connectivity index (χ3n) is 5.49. The number of carbonyl (C=O) groups is 1. The topological polar surface area (TPSA) is 49.6 Å². The van der Waals surface area contributed by atoms with Gasteiger partial charge in [0.1, 0.15) is 10.7 Å². The van der Waals surface area contributed by atoms with Crippen LogP contribution in [0.5, 0.6) is 0 Å². The smallest absolute Gasteiger partial charge is 0.267 e. The van der Waals surface area contributed by atoms with E-state index >= 15 is 0 Å². The molecule has 0 bridgehead atoms. The first kappa shape index (κ1) is 21.1. The number of imidazole rings is 1. The van der Waals surface area contributed by atoms with E-state index in [9.17, 15) is 9.18 Å². The third-order valence-corrected chi connectivity index (χ3v) is 6.65. The molecule has 0 spiro atoms. The number of nitrogens with zero attached hydrogens (tertiary/aromatic N) is 3.